The van der Waals surface area contributed by atoms with Crippen molar-refractivity contribution in [2.75, 3.05) is 17.4 Å². The molecule has 0 spiro atoms. The topological polar surface area (TPSA) is 125 Å². The number of fused-ring (bicyclic) bond motifs is 1. The number of nitrogens with zero attached hydrogens (tertiary/aromatic N) is 1. The number of anilines is 3. The van der Waals surface area contributed by atoms with Crippen molar-refractivity contribution in [2.45, 2.75) is 37.8 Å². The molecule has 1 amide bonds. The van der Waals surface area contributed by atoms with Crippen LogP contribution in [0.3, 0.4) is 0 Å². The highest BCUT2D eigenvalue weighted by Gasteiger charge is 2.22. The summed E-state index contributed by atoms with van der Waals surface area (Å²) in [4.78, 5) is 16.4. The van der Waals surface area contributed by atoms with Gasteiger partial charge in [-0.25, -0.2) is 4.98 Å². The molecule has 27 heavy (non-hydrogen) atoms. The second kappa shape index (κ2) is 7.32. The molecule has 0 saturated heterocycles. The Morgan fingerprint density at radius 2 is 1.93 bits per heavy atom. The summed E-state index contributed by atoms with van der Waals surface area (Å²) in [6, 6.07) is 9.12. The Morgan fingerprint density at radius 1 is 1.11 bits per heavy atom. The Labute approximate surface area is 157 Å². The van der Waals surface area contributed by atoms with Crippen LogP contribution < -0.4 is 31.6 Å². The van der Waals surface area contributed by atoms with E-state index in [1.807, 2.05) is 6.07 Å². The van der Waals surface area contributed by atoms with Gasteiger partial charge in [0.1, 0.15) is 11.6 Å². The number of nitrogens with two attached hydrogens (primary N) is 2. The number of primary amides is 1. The van der Waals surface area contributed by atoms with E-state index in [4.69, 9.17) is 20.9 Å². The molecular weight excluding hydrogens is 346 g/mol. The second-order valence-corrected chi connectivity index (χ2v) is 6.85. The number of nitrogens with one attached hydrogen (secondary N) is 2. The van der Waals surface area contributed by atoms with Crippen LogP contribution in [0.15, 0.2) is 30.3 Å². The molecule has 1 aromatic heterocycles. The summed E-state index contributed by atoms with van der Waals surface area (Å²) in [6.45, 7) is 0.199. The number of pyridine rings is 1. The summed E-state index contributed by atoms with van der Waals surface area (Å²) in [5, 5.41) is 6.55. The van der Waals surface area contributed by atoms with Gasteiger partial charge >= 0.3 is 0 Å². The Balaban J connectivity index is 1.58. The van der Waals surface area contributed by atoms with Crippen molar-refractivity contribution in [2.24, 2.45) is 11.5 Å². The average Bonchev–Trinajstić information content (AvgIpc) is 3.11. The van der Waals surface area contributed by atoms with Crippen molar-refractivity contribution < 1.29 is 14.3 Å². The highest BCUT2D eigenvalue weighted by molar-refractivity contribution is 5.98. The van der Waals surface area contributed by atoms with Crippen LogP contribution in [-0.4, -0.2) is 29.8 Å². The predicted molar refractivity (Wildman–Crippen MR) is 102 cm³/mol. The van der Waals surface area contributed by atoms with Gasteiger partial charge in [-0.05, 0) is 37.1 Å². The zero-order chi connectivity index (χ0) is 18.8. The molecule has 2 unspecified atom stereocenters. The smallest absolute Gasteiger partial charge is 0.252 e. The lowest BCUT2D eigenvalue weighted by Crippen LogP contribution is -2.42. The van der Waals surface area contributed by atoms with Crippen molar-refractivity contribution in [3.05, 3.63) is 35.9 Å². The summed E-state index contributed by atoms with van der Waals surface area (Å²) in [5.41, 5.74) is 12.8. The lowest BCUT2D eigenvalue weighted by molar-refractivity contribution is 0.100. The van der Waals surface area contributed by atoms with Gasteiger partial charge in [-0.1, -0.05) is 12.8 Å². The third-order valence-electron chi connectivity index (χ3n) is 4.95. The number of ether oxygens (including phenoxy) is 2. The number of rotatable bonds is 5. The van der Waals surface area contributed by atoms with Gasteiger partial charge in [0.15, 0.2) is 11.5 Å². The highest BCUT2D eigenvalue weighted by atomic mass is 16.7. The number of aromatic nitrogens is 1. The molecule has 4 rings (SSSR count). The first-order valence-electron chi connectivity index (χ1n) is 9.10. The van der Waals surface area contributed by atoms with Crippen LogP contribution in [0.25, 0.3) is 0 Å². The van der Waals surface area contributed by atoms with Crippen LogP contribution in [0, 0.1) is 0 Å². The maximum absolute atomic E-state index is 11.8. The van der Waals surface area contributed by atoms with Crippen LogP contribution in [0.4, 0.5) is 17.3 Å². The summed E-state index contributed by atoms with van der Waals surface area (Å²) < 4.78 is 10.7. The number of amides is 1. The Morgan fingerprint density at radius 3 is 2.74 bits per heavy atom. The third kappa shape index (κ3) is 3.75. The van der Waals surface area contributed by atoms with Gasteiger partial charge in [-0.2, -0.15) is 0 Å². The first-order chi connectivity index (χ1) is 13.1. The molecule has 1 aliphatic carbocycles. The van der Waals surface area contributed by atoms with E-state index in [1.165, 1.54) is 0 Å². The molecule has 1 aromatic carbocycles. The van der Waals surface area contributed by atoms with Crippen molar-refractivity contribution in [1.29, 1.82) is 0 Å². The van der Waals surface area contributed by atoms with E-state index in [-0.39, 0.29) is 18.9 Å². The van der Waals surface area contributed by atoms with Crippen LogP contribution in [-0.2, 0) is 0 Å². The van der Waals surface area contributed by atoms with Crippen LogP contribution in [0.1, 0.15) is 36.0 Å². The van der Waals surface area contributed by atoms with Gasteiger partial charge in [-0.15, -0.1) is 0 Å². The van der Waals surface area contributed by atoms with Gasteiger partial charge < -0.3 is 31.6 Å². The molecule has 8 nitrogen and oxygen atoms in total. The monoisotopic (exact) mass is 369 g/mol. The van der Waals surface area contributed by atoms with Gasteiger partial charge in [-0.3, -0.25) is 4.79 Å². The molecule has 142 valence electrons. The molecule has 1 aliphatic heterocycles. The molecule has 2 atom stereocenters. The number of carbonyl (C=O) groups excluding carboxylic acids is 1. The number of carbonyl (C=O) groups is 1. The van der Waals surface area contributed by atoms with Gasteiger partial charge in [0.2, 0.25) is 6.79 Å². The maximum atomic E-state index is 11.8. The van der Waals surface area contributed by atoms with Crippen LogP contribution in [0.5, 0.6) is 11.5 Å². The van der Waals surface area contributed by atoms with Crippen molar-refractivity contribution in [3.63, 3.8) is 0 Å². The Kier molecular flexibility index (Phi) is 4.72. The summed E-state index contributed by atoms with van der Waals surface area (Å²) in [7, 11) is 0. The number of hydrogen-bond acceptors (Lipinski definition) is 7. The molecular formula is C19H23N5O3. The third-order valence-corrected chi connectivity index (χ3v) is 4.95. The zero-order valence-electron chi connectivity index (χ0n) is 14.9. The fourth-order valence-electron chi connectivity index (χ4n) is 3.47. The molecule has 0 bridgehead atoms. The quantitative estimate of drug-likeness (QED) is 0.637. The molecule has 1 fully saturated rings. The molecule has 1 saturated carbocycles. The van der Waals surface area contributed by atoms with Gasteiger partial charge in [0.25, 0.3) is 5.91 Å². The molecule has 2 aromatic rings. The van der Waals surface area contributed by atoms with Crippen LogP contribution in [0.2, 0.25) is 0 Å². The summed E-state index contributed by atoms with van der Waals surface area (Å²) in [6.07, 6.45) is 4.31. The van der Waals surface area contributed by atoms with Crippen molar-refractivity contribution in [3.8, 4) is 11.5 Å². The molecule has 0 radical (unpaired) electrons. The van der Waals surface area contributed by atoms with Crippen molar-refractivity contribution in [1.82, 2.24) is 4.98 Å². The van der Waals surface area contributed by atoms with Gasteiger partial charge in [0, 0.05) is 23.8 Å². The fourth-order valence-corrected chi connectivity index (χ4v) is 3.47. The highest BCUT2D eigenvalue weighted by Crippen LogP contribution is 2.35. The summed E-state index contributed by atoms with van der Waals surface area (Å²) >= 11 is 0. The molecule has 8 heteroatoms. The largest absolute Gasteiger partial charge is 0.454 e. The van der Waals surface area contributed by atoms with Crippen LogP contribution >= 0.6 is 0 Å². The average molecular weight is 369 g/mol. The molecule has 2 heterocycles. The lowest BCUT2D eigenvalue weighted by Gasteiger charge is -2.29. The van der Waals surface area contributed by atoms with E-state index in [1.54, 1.807) is 24.3 Å². The van der Waals surface area contributed by atoms with E-state index in [2.05, 4.69) is 15.6 Å². The van der Waals surface area contributed by atoms with Gasteiger partial charge in [0.05, 0.1) is 5.56 Å². The first kappa shape index (κ1) is 17.4. The normalized spacial score (nSPS) is 20.9. The minimum atomic E-state index is -0.549. The summed E-state index contributed by atoms with van der Waals surface area (Å²) in [5.74, 6) is 1.82. The minimum absolute atomic E-state index is 0.0987. The maximum Gasteiger partial charge on any atom is 0.252 e. The number of hydrogen-bond donors (Lipinski definition) is 4. The van der Waals surface area contributed by atoms with Crippen molar-refractivity contribution >= 4 is 23.2 Å². The van der Waals surface area contributed by atoms with E-state index in [0.29, 0.717) is 28.7 Å². The Hall–Kier alpha value is -3.00. The lowest BCUT2D eigenvalue weighted by atomic mass is 9.91. The second-order valence-electron chi connectivity index (χ2n) is 6.85. The number of benzene rings is 1. The zero-order valence-corrected chi connectivity index (χ0v) is 14.9. The fraction of sp³-hybridized carbons (Fsp3) is 0.368. The van der Waals surface area contributed by atoms with E-state index in [0.717, 1.165) is 31.4 Å². The first-order valence-corrected chi connectivity index (χ1v) is 9.10. The van der Waals surface area contributed by atoms with E-state index >= 15 is 0 Å². The molecule has 6 N–H and O–H groups in total. The van der Waals surface area contributed by atoms with E-state index in [9.17, 15) is 4.79 Å². The minimum Gasteiger partial charge on any atom is -0.454 e. The molecule has 2 aliphatic rings. The van der Waals surface area contributed by atoms with E-state index < -0.39 is 5.91 Å². The SMILES string of the molecule is NC(=O)c1ccc(NC2CCCCC2N)nc1Nc1ccc2c(c1)OCO2. The predicted octanol–water partition coefficient (Wildman–Crippen LogP) is 2.33. The Bertz CT molecular complexity index is 857. The standard InChI is InChI=1S/C19H23N5O3/c20-13-3-1-2-4-14(13)23-17-8-6-12(18(21)25)19(24-17)22-11-5-7-15-16(9-11)27-10-26-15/h5-9,13-14H,1-4,10,20H2,(H2,21,25)(H2,22,23,24).